The van der Waals surface area contributed by atoms with Crippen molar-refractivity contribution >= 4 is 40.2 Å². The highest BCUT2D eigenvalue weighted by Gasteiger charge is 2.45. The van der Waals surface area contributed by atoms with E-state index in [2.05, 4.69) is 10.3 Å². The van der Waals surface area contributed by atoms with Crippen molar-refractivity contribution in [1.82, 2.24) is 15.2 Å². The van der Waals surface area contributed by atoms with Gasteiger partial charge in [0.15, 0.2) is 0 Å². The van der Waals surface area contributed by atoms with Crippen LogP contribution in [0.2, 0.25) is 10.0 Å². The SMILES string of the molecule is O=C(Oc1cc2c(Cl)cc(Cl)cc2[nH]1)N1CCCC12CCNCC2. The number of hydrogen-bond donors (Lipinski definition) is 2. The molecule has 2 aliphatic rings. The molecule has 1 aromatic heterocycles. The highest BCUT2D eigenvalue weighted by Crippen LogP contribution is 2.38. The molecule has 0 atom stereocenters. The summed E-state index contributed by atoms with van der Waals surface area (Å²) < 4.78 is 5.62. The summed E-state index contributed by atoms with van der Waals surface area (Å²) in [5.41, 5.74) is 0.711. The third kappa shape index (κ3) is 2.75. The van der Waals surface area contributed by atoms with Crippen molar-refractivity contribution in [3.63, 3.8) is 0 Å². The van der Waals surface area contributed by atoms with Crippen LogP contribution in [0.15, 0.2) is 18.2 Å². The van der Waals surface area contributed by atoms with Crippen molar-refractivity contribution in [3.8, 4) is 5.88 Å². The number of carbonyl (C=O) groups is 1. The molecule has 24 heavy (non-hydrogen) atoms. The summed E-state index contributed by atoms with van der Waals surface area (Å²) in [7, 11) is 0. The van der Waals surface area contributed by atoms with Crippen molar-refractivity contribution in [3.05, 3.63) is 28.2 Å². The summed E-state index contributed by atoms with van der Waals surface area (Å²) in [4.78, 5) is 17.7. The van der Waals surface area contributed by atoms with E-state index in [1.54, 1.807) is 18.2 Å². The Morgan fingerprint density at radius 1 is 1.17 bits per heavy atom. The number of benzene rings is 1. The van der Waals surface area contributed by atoms with Crippen LogP contribution in [0.25, 0.3) is 10.9 Å². The maximum Gasteiger partial charge on any atom is 0.416 e. The van der Waals surface area contributed by atoms with E-state index in [9.17, 15) is 4.79 Å². The molecule has 1 amide bonds. The Labute approximate surface area is 150 Å². The van der Waals surface area contributed by atoms with Crippen molar-refractivity contribution in [2.75, 3.05) is 19.6 Å². The lowest BCUT2D eigenvalue weighted by Crippen LogP contribution is -2.53. The molecule has 0 unspecified atom stereocenters. The lowest BCUT2D eigenvalue weighted by Gasteiger charge is -2.40. The number of carbonyl (C=O) groups excluding carboxylic acids is 1. The van der Waals surface area contributed by atoms with E-state index in [4.69, 9.17) is 27.9 Å². The van der Waals surface area contributed by atoms with Gasteiger partial charge < -0.3 is 19.9 Å². The average Bonchev–Trinajstić information content (AvgIpc) is 3.12. The van der Waals surface area contributed by atoms with Gasteiger partial charge in [0, 0.05) is 28.6 Å². The smallest absolute Gasteiger partial charge is 0.393 e. The molecular formula is C17H19Cl2N3O2. The first-order valence-electron chi connectivity index (χ1n) is 8.25. The number of halogens is 2. The van der Waals surface area contributed by atoms with Crippen LogP contribution in [0.1, 0.15) is 25.7 Å². The van der Waals surface area contributed by atoms with Crippen LogP contribution in [0, 0.1) is 0 Å². The lowest BCUT2D eigenvalue weighted by molar-refractivity contribution is 0.0876. The van der Waals surface area contributed by atoms with Crippen molar-refractivity contribution < 1.29 is 9.53 Å². The second-order valence-electron chi connectivity index (χ2n) is 6.58. The lowest BCUT2D eigenvalue weighted by atomic mass is 9.86. The zero-order valence-electron chi connectivity index (χ0n) is 13.2. The Morgan fingerprint density at radius 3 is 2.75 bits per heavy atom. The Morgan fingerprint density at radius 2 is 1.96 bits per heavy atom. The number of likely N-dealkylation sites (tertiary alicyclic amines) is 1. The molecule has 3 heterocycles. The maximum atomic E-state index is 12.7. The molecule has 128 valence electrons. The third-order valence-electron chi connectivity index (χ3n) is 5.18. The first-order chi connectivity index (χ1) is 11.6. The summed E-state index contributed by atoms with van der Waals surface area (Å²) >= 11 is 12.2. The second-order valence-corrected chi connectivity index (χ2v) is 7.42. The molecule has 0 saturated carbocycles. The number of nitrogens with one attached hydrogen (secondary N) is 2. The molecule has 2 aromatic rings. The van der Waals surface area contributed by atoms with Gasteiger partial charge in [-0.2, -0.15) is 0 Å². The largest absolute Gasteiger partial charge is 0.416 e. The van der Waals surface area contributed by atoms with Crippen LogP contribution < -0.4 is 10.1 Å². The van der Waals surface area contributed by atoms with Crippen LogP contribution in [0.3, 0.4) is 0 Å². The van der Waals surface area contributed by atoms with E-state index in [0.717, 1.165) is 56.2 Å². The Bertz CT molecular complexity index is 783. The van der Waals surface area contributed by atoms with Gasteiger partial charge in [-0.1, -0.05) is 23.2 Å². The van der Waals surface area contributed by atoms with Crippen molar-refractivity contribution in [2.45, 2.75) is 31.2 Å². The quantitative estimate of drug-likeness (QED) is 0.794. The van der Waals surface area contributed by atoms with Gasteiger partial charge in [0.25, 0.3) is 0 Å². The van der Waals surface area contributed by atoms with Gasteiger partial charge in [0.05, 0.1) is 10.5 Å². The van der Waals surface area contributed by atoms with Crippen LogP contribution in [-0.4, -0.2) is 41.2 Å². The van der Waals surface area contributed by atoms with Gasteiger partial charge in [0.1, 0.15) is 0 Å². The number of amides is 1. The third-order valence-corrected chi connectivity index (χ3v) is 5.71. The number of nitrogens with zero attached hydrogens (tertiary/aromatic N) is 1. The average molecular weight is 368 g/mol. The zero-order chi connectivity index (χ0) is 16.7. The zero-order valence-corrected chi connectivity index (χ0v) is 14.7. The van der Waals surface area contributed by atoms with Gasteiger partial charge in [-0.25, -0.2) is 4.79 Å². The fraction of sp³-hybridized carbons (Fsp3) is 0.471. The van der Waals surface area contributed by atoms with Crippen LogP contribution >= 0.6 is 23.2 Å². The second kappa shape index (κ2) is 6.14. The van der Waals surface area contributed by atoms with E-state index < -0.39 is 0 Å². The predicted octanol–water partition coefficient (Wildman–Crippen LogP) is 4.19. The van der Waals surface area contributed by atoms with E-state index in [1.807, 2.05) is 4.90 Å². The predicted molar refractivity (Wildman–Crippen MR) is 95.1 cm³/mol. The highest BCUT2D eigenvalue weighted by molar-refractivity contribution is 6.38. The minimum atomic E-state index is -0.289. The first-order valence-corrected chi connectivity index (χ1v) is 9.01. The minimum absolute atomic E-state index is 0.0463. The fourth-order valence-electron chi connectivity index (χ4n) is 3.97. The number of piperidine rings is 1. The van der Waals surface area contributed by atoms with E-state index >= 15 is 0 Å². The number of rotatable bonds is 1. The molecule has 2 fully saturated rings. The summed E-state index contributed by atoms with van der Waals surface area (Å²) in [5.74, 6) is 0.398. The molecule has 1 aromatic carbocycles. The van der Waals surface area contributed by atoms with E-state index in [-0.39, 0.29) is 11.6 Å². The topological polar surface area (TPSA) is 57.4 Å². The number of hydrogen-bond acceptors (Lipinski definition) is 3. The summed E-state index contributed by atoms with van der Waals surface area (Å²) in [6.45, 7) is 2.65. The molecule has 1 spiro atoms. The molecule has 0 radical (unpaired) electrons. The van der Waals surface area contributed by atoms with Gasteiger partial charge in [-0.05, 0) is 50.9 Å². The molecule has 7 heteroatoms. The molecule has 2 saturated heterocycles. The first kappa shape index (κ1) is 16.1. The molecular weight excluding hydrogens is 349 g/mol. The summed E-state index contributed by atoms with van der Waals surface area (Å²) in [6, 6.07) is 5.19. The standard InChI is InChI=1S/C17H19Cl2N3O2/c18-11-8-13(19)12-10-15(21-14(12)9-11)24-16(23)22-7-1-2-17(22)3-5-20-6-4-17/h8-10,20-21H,1-7H2. The molecule has 5 nitrogen and oxygen atoms in total. The Hall–Kier alpha value is -1.43. The minimum Gasteiger partial charge on any atom is -0.393 e. The molecule has 4 rings (SSSR count). The van der Waals surface area contributed by atoms with E-state index in [0.29, 0.717) is 15.9 Å². The highest BCUT2D eigenvalue weighted by atomic mass is 35.5. The normalized spacial score (nSPS) is 20.0. The molecule has 0 aliphatic carbocycles. The summed E-state index contributed by atoms with van der Waals surface area (Å²) in [5, 5.41) is 5.23. The van der Waals surface area contributed by atoms with Crippen molar-refractivity contribution in [2.24, 2.45) is 0 Å². The molecule has 0 bridgehead atoms. The molecule has 2 N–H and O–H groups in total. The van der Waals surface area contributed by atoms with Gasteiger partial charge in [0.2, 0.25) is 5.88 Å². The maximum absolute atomic E-state index is 12.7. The van der Waals surface area contributed by atoms with Gasteiger partial charge >= 0.3 is 6.09 Å². The number of ether oxygens (including phenoxy) is 1. The fourth-order valence-corrected chi connectivity index (χ4v) is 4.52. The van der Waals surface area contributed by atoms with Gasteiger partial charge in [-0.15, -0.1) is 0 Å². The van der Waals surface area contributed by atoms with Crippen LogP contribution in [0.5, 0.6) is 5.88 Å². The van der Waals surface area contributed by atoms with E-state index in [1.165, 1.54) is 0 Å². The van der Waals surface area contributed by atoms with Crippen LogP contribution in [0.4, 0.5) is 4.79 Å². The Balaban J connectivity index is 1.56. The Kier molecular flexibility index (Phi) is 4.11. The monoisotopic (exact) mass is 367 g/mol. The van der Waals surface area contributed by atoms with Crippen molar-refractivity contribution in [1.29, 1.82) is 0 Å². The number of aromatic amines is 1. The number of H-pyrrole nitrogens is 1. The summed E-state index contributed by atoms with van der Waals surface area (Å²) in [6.07, 6.45) is 3.76. The number of aromatic nitrogens is 1. The number of fused-ring (bicyclic) bond motifs is 1. The van der Waals surface area contributed by atoms with Gasteiger partial charge in [-0.3, -0.25) is 0 Å². The molecule has 2 aliphatic heterocycles. The van der Waals surface area contributed by atoms with Crippen LogP contribution in [-0.2, 0) is 0 Å².